The van der Waals surface area contributed by atoms with E-state index in [2.05, 4.69) is 4.98 Å². The minimum atomic E-state index is -0.188. The number of amides is 1. The molecule has 0 atom stereocenters. The van der Waals surface area contributed by atoms with Crippen LogP contribution in [0.5, 0.6) is 17.2 Å². The van der Waals surface area contributed by atoms with Gasteiger partial charge in [0.1, 0.15) is 11.3 Å². The Hall–Kier alpha value is -2.55. The Morgan fingerprint density at radius 3 is 2.30 bits per heavy atom. The maximum Gasteiger partial charge on any atom is 0.260 e. The van der Waals surface area contributed by atoms with Gasteiger partial charge in [0.2, 0.25) is 0 Å². The standard InChI is InChI=1S/C21H24ClN3O4S/c1-24(2)10-11-25(20(26)13-6-8-15(27-3)17(12-13)29-5)21-23-18-16(28-4)9-7-14(22)19(18)30-21/h6-9,12H,10-11H2,1-5H3. The van der Waals surface area contributed by atoms with Crippen molar-refractivity contribution in [1.82, 2.24) is 9.88 Å². The van der Waals surface area contributed by atoms with Gasteiger partial charge in [0.05, 0.1) is 31.1 Å². The lowest BCUT2D eigenvalue weighted by molar-refractivity contribution is 0.0985. The molecule has 30 heavy (non-hydrogen) atoms. The van der Waals surface area contributed by atoms with Crippen LogP contribution in [-0.4, -0.2) is 64.3 Å². The van der Waals surface area contributed by atoms with Crippen LogP contribution in [0, 0.1) is 0 Å². The number of carbonyl (C=O) groups is 1. The van der Waals surface area contributed by atoms with E-state index in [0.29, 0.717) is 51.6 Å². The first-order valence-electron chi connectivity index (χ1n) is 9.21. The summed E-state index contributed by atoms with van der Waals surface area (Å²) in [6.07, 6.45) is 0. The van der Waals surface area contributed by atoms with Crippen molar-refractivity contribution in [2.75, 3.05) is 53.4 Å². The first-order chi connectivity index (χ1) is 14.4. The van der Waals surface area contributed by atoms with Crippen LogP contribution in [0.3, 0.4) is 0 Å². The molecule has 2 aromatic carbocycles. The number of thiazole rings is 1. The average molecular weight is 450 g/mol. The molecule has 0 unspecified atom stereocenters. The number of ether oxygens (including phenoxy) is 3. The number of benzene rings is 2. The predicted molar refractivity (Wildman–Crippen MR) is 121 cm³/mol. The molecule has 0 fully saturated rings. The van der Waals surface area contributed by atoms with Gasteiger partial charge in [0, 0.05) is 18.7 Å². The zero-order chi connectivity index (χ0) is 21.8. The van der Waals surface area contributed by atoms with Gasteiger partial charge in [-0.25, -0.2) is 4.98 Å². The summed E-state index contributed by atoms with van der Waals surface area (Å²) in [5.74, 6) is 1.48. The van der Waals surface area contributed by atoms with E-state index >= 15 is 0 Å². The van der Waals surface area contributed by atoms with Crippen LogP contribution in [0.15, 0.2) is 30.3 Å². The molecule has 0 N–H and O–H groups in total. The van der Waals surface area contributed by atoms with Gasteiger partial charge >= 0.3 is 0 Å². The summed E-state index contributed by atoms with van der Waals surface area (Å²) < 4.78 is 16.8. The highest BCUT2D eigenvalue weighted by molar-refractivity contribution is 7.23. The van der Waals surface area contributed by atoms with Crippen molar-refractivity contribution in [2.45, 2.75) is 0 Å². The molecule has 0 saturated heterocycles. The number of halogens is 1. The Morgan fingerprint density at radius 1 is 1.00 bits per heavy atom. The monoisotopic (exact) mass is 449 g/mol. The second-order valence-corrected chi connectivity index (χ2v) is 8.14. The van der Waals surface area contributed by atoms with Crippen LogP contribution in [0.1, 0.15) is 10.4 Å². The van der Waals surface area contributed by atoms with E-state index in [-0.39, 0.29) is 5.91 Å². The topological polar surface area (TPSA) is 64.1 Å². The van der Waals surface area contributed by atoms with Crippen LogP contribution < -0.4 is 19.1 Å². The number of hydrogen-bond donors (Lipinski definition) is 0. The molecule has 3 aromatic rings. The SMILES string of the molecule is COc1ccc(C(=O)N(CCN(C)C)c2nc3c(OC)ccc(Cl)c3s2)cc1OC. The second kappa shape index (κ2) is 9.51. The van der Waals surface area contributed by atoms with Gasteiger partial charge in [-0.2, -0.15) is 0 Å². The molecular formula is C21H24ClN3O4S. The molecule has 0 aliphatic rings. The lowest BCUT2D eigenvalue weighted by Crippen LogP contribution is -2.36. The molecule has 1 amide bonds. The fourth-order valence-electron chi connectivity index (χ4n) is 2.93. The molecule has 160 valence electrons. The molecule has 9 heteroatoms. The van der Waals surface area contributed by atoms with E-state index in [0.717, 1.165) is 4.70 Å². The minimum absolute atomic E-state index is 0.188. The maximum absolute atomic E-state index is 13.5. The highest BCUT2D eigenvalue weighted by atomic mass is 35.5. The quantitative estimate of drug-likeness (QED) is 0.514. The third-order valence-electron chi connectivity index (χ3n) is 4.54. The van der Waals surface area contributed by atoms with Crippen LogP contribution in [0.25, 0.3) is 10.2 Å². The van der Waals surface area contributed by atoms with Gasteiger partial charge in [0.15, 0.2) is 16.6 Å². The molecule has 1 heterocycles. The van der Waals surface area contributed by atoms with Gasteiger partial charge in [-0.1, -0.05) is 22.9 Å². The third-order valence-corrected chi connectivity index (χ3v) is 6.08. The van der Waals surface area contributed by atoms with E-state index in [1.54, 1.807) is 49.5 Å². The van der Waals surface area contributed by atoms with Gasteiger partial charge in [-0.3, -0.25) is 9.69 Å². The number of likely N-dealkylation sites (N-methyl/N-ethyl adjacent to an activating group) is 1. The summed E-state index contributed by atoms with van der Waals surface area (Å²) in [5, 5.41) is 1.12. The third kappa shape index (κ3) is 4.45. The predicted octanol–water partition coefficient (Wildman–Crippen LogP) is 4.18. The van der Waals surface area contributed by atoms with Crippen LogP contribution in [0.4, 0.5) is 5.13 Å². The molecule has 1 aromatic heterocycles. The maximum atomic E-state index is 13.5. The number of carbonyl (C=O) groups excluding carboxylic acids is 1. The van der Waals surface area contributed by atoms with Crippen molar-refractivity contribution >= 4 is 44.2 Å². The Balaban J connectivity index is 2.06. The largest absolute Gasteiger partial charge is 0.494 e. The molecule has 0 aliphatic heterocycles. The molecule has 0 radical (unpaired) electrons. The van der Waals surface area contributed by atoms with Crippen molar-refractivity contribution in [3.63, 3.8) is 0 Å². The minimum Gasteiger partial charge on any atom is -0.494 e. The average Bonchev–Trinajstić information content (AvgIpc) is 3.19. The Morgan fingerprint density at radius 2 is 1.67 bits per heavy atom. The first kappa shape index (κ1) is 22.1. The lowest BCUT2D eigenvalue weighted by atomic mass is 10.1. The number of hydrogen-bond acceptors (Lipinski definition) is 7. The second-order valence-electron chi connectivity index (χ2n) is 6.75. The van der Waals surface area contributed by atoms with E-state index in [4.69, 9.17) is 25.8 Å². The molecular weight excluding hydrogens is 426 g/mol. The lowest BCUT2D eigenvalue weighted by Gasteiger charge is -2.22. The zero-order valence-electron chi connectivity index (χ0n) is 17.6. The Bertz CT molecular complexity index is 1050. The van der Waals surface area contributed by atoms with Crippen LogP contribution in [0.2, 0.25) is 5.02 Å². The number of rotatable bonds is 8. The number of nitrogens with zero attached hydrogens (tertiary/aromatic N) is 3. The fraction of sp³-hybridized carbons (Fsp3) is 0.333. The van der Waals surface area contributed by atoms with Crippen molar-refractivity contribution in [1.29, 1.82) is 0 Å². The summed E-state index contributed by atoms with van der Waals surface area (Å²) in [7, 11) is 8.59. The van der Waals surface area contributed by atoms with Gasteiger partial charge < -0.3 is 19.1 Å². The van der Waals surface area contributed by atoms with Gasteiger partial charge in [-0.05, 0) is 44.4 Å². The molecule has 0 spiro atoms. The first-order valence-corrected chi connectivity index (χ1v) is 10.4. The van der Waals surface area contributed by atoms with Gasteiger partial charge in [-0.15, -0.1) is 0 Å². The van der Waals surface area contributed by atoms with Crippen molar-refractivity contribution in [3.05, 3.63) is 40.9 Å². The zero-order valence-corrected chi connectivity index (χ0v) is 19.1. The smallest absolute Gasteiger partial charge is 0.260 e. The highest BCUT2D eigenvalue weighted by Crippen LogP contribution is 2.39. The van der Waals surface area contributed by atoms with Crippen molar-refractivity contribution in [3.8, 4) is 17.2 Å². The molecule has 0 bridgehead atoms. The van der Waals surface area contributed by atoms with E-state index < -0.39 is 0 Å². The number of fused-ring (bicyclic) bond motifs is 1. The molecule has 0 aliphatic carbocycles. The fourth-order valence-corrected chi connectivity index (χ4v) is 4.21. The van der Waals surface area contributed by atoms with Crippen molar-refractivity contribution in [2.24, 2.45) is 0 Å². The van der Waals surface area contributed by atoms with E-state index in [1.165, 1.54) is 18.4 Å². The van der Waals surface area contributed by atoms with E-state index in [9.17, 15) is 4.79 Å². The number of aromatic nitrogens is 1. The van der Waals surface area contributed by atoms with E-state index in [1.807, 2.05) is 19.0 Å². The molecule has 7 nitrogen and oxygen atoms in total. The van der Waals surface area contributed by atoms with Gasteiger partial charge in [0.25, 0.3) is 5.91 Å². The summed E-state index contributed by atoms with van der Waals surface area (Å²) in [6.45, 7) is 1.12. The highest BCUT2D eigenvalue weighted by Gasteiger charge is 2.24. The summed E-state index contributed by atoms with van der Waals surface area (Å²) in [6, 6.07) is 8.64. The number of anilines is 1. The summed E-state index contributed by atoms with van der Waals surface area (Å²) in [4.78, 5) is 21.8. The molecule has 3 rings (SSSR count). The summed E-state index contributed by atoms with van der Waals surface area (Å²) >= 11 is 7.74. The van der Waals surface area contributed by atoms with Crippen molar-refractivity contribution < 1.29 is 19.0 Å². The van der Waals surface area contributed by atoms with Crippen LogP contribution >= 0.6 is 22.9 Å². The normalized spacial score (nSPS) is 11.0. The Kier molecular flexibility index (Phi) is 7.02. The Labute approximate surface area is 184 Å². The molecule has 0 saturated carbocycles. The number of methoxy groups -OCH3 is 3. The summed E-state index contributed by atoms with van der Waals surface area (Å²) in [5.41, 5.74) is 1.11. The van der Waals surface area contributed by atoms with Crippen LogP contribution in [-0.2, 0) is 0 Å².